The second kappa shape index (κ2) is 12.2. The molecule has 2 aliphatic rings. The lowest BCUT2D eigenvalue weighted by atomic mass is 9.88. The minimum absolute atomic E-state index is 0.00989. The maximum Gasteiger partial charge on any atom is 0.248 e. The number of ether oxygens (including phenoxy) is 1. The molecule has 2 heterocycles. The number of benzene rings is 3. The minimum atomic E-state index is -0.340. The van der Waals surface area contributed by atoms with Gasteiger partial charge in [0.25, 0.3) is 0 Å². The first-order valence-electron chi connectivity index (χ1n) is 13.3. The molecule has 0 spiro atoms. The first kappa shape index (κ1) is 26.6. The number of nitrogens with zero attached hydrogens (tertiary/aromatic N) is 1. The van der Waals surface area contributed by atoms with Gasteiger partial charge in [0.05, 0.1) is 17.3 Å². The molecule has 7 nitrogen and oxygen atoms in total. The third-order valence-corrected chi connectivity index (χ3v) is 7.51. The summed E-state index contributed by atoms with van der Waals surface area (Å²) in [6.45, 7) is 2.92. The largest absolute Gasteiger partial charge is 0.397 e. The van der Waals surface area contributed by atoms with E-state index in [-0.39, 0.29) is 29.5 Å². The van der Waals surface area contributed by atoms with E-state index in [9.17, 15) is 14.0 Å². The fourth-order valence-electron chi connectivity index (χ4n) is 5.37. The first-order chi connectivity index (χ1) is 19.0. The maximum atomic E-state index is 13.4. The Bertz CT molecular complexity index is 1320. The van der Waals surface area contributed by atoms with Crippen LogP contribution in [0.5, 0.6) is 0 Å². The normalized spacial score (nSPS) is 20.2. The van der Waals surface area contributed by atoms with Crippen molar-refractivity contribution in [3.8, 4) is 0 Å². The van der Waals surface area contributed by atoms with Crippen LogP contribution in [0.25, 0.3) is 6.08 Å². The minimum Gasteiger partial charge on any atom is -0.397 e. The van der Waals surface area contributed by atoms with Crippen molar-refractivity contribution in [3.63, 3.8) is 0 Å². The zero-order valence-corrected chi connectivity index (χ0v) is 21.7. The van der Waals surface area contributed by atoms with Crippen LogP contribution in [0, 0.1) is 11.7 Å². The Balaban J connectivity index is 1.29. The van der Waals surface area contributed by atoms with Gasteiger partial charge in [-0.15, -0.1) is 0 Å². The van der Waals surface area contributed by atoms with Crippen LogP contribution in [0.3, 0.4) is 0 Å². The van der Waals surface area contributed by atoms with Crippen molar-refractivity contribution in [2.24, 2.45) is 5.92 Å². The molecule has 3 aromatic rings. The van der Waals surface area contributed by atoms with Gasteiger partial charge in [-0.25, -0.2) is 4.39 Å². The van der Waals surface area contributed by atoms with E-state index in [1.54, 1.807) is 30.3 Å². The Morgan fingerprint density at radius 1 is 0.923 bits per heavy atom. The Labute approximate surface area is 227 Å². The average Bonchev–Trinajstić information content (AvgIpc) is 3.41. The van der Waals surface area contributed by atoms with Crippen molar-refractivity contribution in [2.75, 3.05) is 42.7 Å². The number of amides is 2. The van der Waals surface area contributed by atoms with Crippen molar-refractivity contribution in [2.45, 2.75) is 24.8 Å². The van der Waals surface area contributed by atoms with Crippen LogP contribution in [0.4, 0.5) is 21.5 Å². The molecule has 0 radical (unpaired) electrons. The fourth-order valence-corrected chi connectivity index (χ4v) is 5.37. The van der Waals surface area contributed by atoms with E-state index in [2.05, 4.69) is 15.5 Å². The summed E-state index contributed by atoms with van der Waals surface area (Å²) < 4.78 is 18.9. The lowest BCUT2D eigenvalue weighted by Gasteiger charge is -2.31. The number of hydrogen-bond acceptors (Lipinski definition) is 5. The van der Waals surface area contributed by atoms with Gasteiger partial charge >= 0.3 is 0 Å². The molecule has 8 heteroatoms. The number of hydrogen-bond donors (Lipinski definition) is 3. The zero-order chi connectivity index (χ0) is 27.2. The van der Waals surface area contributed by atoms with Crippen LogP contribution in [-0.2, 0) is 14.3 Å². The average molecular weight is 529 g/mol. The summed E-state index contributed by atoms with van der Waals surface area (Å²) in [5.74, 6) is -0.912. The van der Waals surface area contributed by atoms with E-state index in [0.717, 1.165) is 43.7 Å². The molecule has 39 heavy (non-hydrogen) atoms. The lowest BCUT2D eigenvalue weighted by molar-refractivity contribution is -0.120. The number of anilines is 3. The standard InChI is InChI=1S/C31H33FN4O3/c32-23-10-12-24(13-11-23)34-31(38)27-20-36(25-15-17-39-18-16-25)19-26(27)22-8-5-21(6-9-22)7-14-30(37)35-29-4-2-1-3-28(29)33/h1-14,25-27H,15-20,33H2,(H,34,38)(H,35,37)/b14-7+. The molecular formula is C31H33FN4O3. The summed E-state index contributed by atoms with van der Waals surface area (Å²) in [5, 5.41) is 5.76. The van der Waals surface area contributed by atoms with Crippen LogP contribution in [-0.4, -0.2) is 49.1 Å². The van der Waals surface area contributed by atoms with Gasteiger partial charge in [-0.3, -0.25) is 14.5 Å². The topological polar surface area (TPSA) is 96.7 Å². The molecule has 3 aromatic carbocycles. The predicted octanol–water partition coefficient (Wildman–Crippen LogP) is 4.89. The fraction of sp³-hybridized carbons (Fsp3) is 0.290. The first-order valence-corrected chi connectivity index (χ1v) is 13.3. The zero-order valence-electron chi connectivity index (χ0n) is 21.7. The predicted molar refractivity (Wildman–Crippen MR) is 152 cm³/mol. The molecule has 2 unspecified atom stereocenters. The van der Waals surface area contributed by atoms with E-state index < -0.39 is 0 Å². The molecule has 0 aliphatic carbocycles. The highest BCUT2D eigenvalue weighted by Gasteiger charge is 2.41. The van der Waals surface area contributed by atoms with Crippen molar-refractivity contribution < 1.29 is 18.7 Å². The molecular weight excluding hydrogens is 495 g/mol. The highest BCUT2D eigenvalue weighted by Crippen LogP contribution is 2.36. The number of halogens is 1. The molecule has 0 bridgehead atoms. The molecule has 2 atom stereocenters. The van der Waals surface area contributed by atoms with Gasteiger partial charge < -0.3 is 21.1 Å². The smallest absolute Gasteiger partial charge is 0.248 e. The van der Waals surface area contributed by atoms with Gasteiger partial charge in [0.2, 0.25) is 11.8 Å². The van der Waals surface area contributed by atoms with Gasteiger partial charge in [-0.05, 0) is 66.4 Å². The number of nitrogens with one attached hydrogen (secondary N) is 2. The number of likely N-dealkylation sites (tertiary alicyclic amines) is 1. The highest BCUT2D eigenvalue weighted by molar-refractivity contribution is 6.03. The van der Waals surface area contributed by atoms with Gasteiger partial charge in [-0.2, -0.15) is 0 Å². The monoisotopic (exact) mass is 528 g/mol. The maximum absolute atomic E-state index is 13.4. The lowest BCUT2D eigenvalue weighted by Crippen LogP contribution is -2.38. The van der Waals surface area contributed by atoms with Gasteiger partial charge in [-0.1, -0.05) is 36.4 Å². The summed E-state index contributed by atoms with van der Waals surface area (Å²) in [6.07, 6.45) is 5.14. The van der Waals surface area contributed by atoms with E-state index in [1.807, 2.05) is 36.4 Å². The molecule has 2 amide bonds. The number of carbonyl (C=O) groups excluding carboxylic acids is 2. The molecule has 2 saturated heterocycles. The van der Waals surface area contributed by atoms with Crippen LogP contribution >= 0.6 is 0 Å². The number of nitrogens with two attached hydrogens (primary N) is 1. The Hall–Kier alpha value is -4.01. The van der Waals surface area contributed by atoms with Crippen LogP contribution in [0.1, 0.15) is 29.9 Å². The third kappa shape index (κ3) is 6.71. The summed E-state index contributed by atoms with van der Waals surface area (Å²) in [7, 11) is 0. The molecule has 4 N–H and O–H groups in total. The van der Waals surface area contributed by atoms with Gasteiger partial charge in [0, 0.05) is 50.0 Å². The van der Waals surface area contributed by atoms with Crippen LogP contribution in [0.2, 0.25) is 0 Å². The summed E-state index contributed by atoms with van der Waals surface area (Å²) >= 11 is 0. The molecule has 0 aromatic heterocycles. The Morgan fingerprint density at radius 3 is 2.36 bits per heavy atom. The number of rotatable bonds is 7. The summed E-state index contributed by atoms with van der Waals surface area (Å²) in [6, 6.07) is 21.3. The molecule has 5 rings (SSSR count). The summed E-state index contributed by atoms with van der Waals surface area (Å²) in [4.78, 5) is 28.2. The number of para-hydroxylation sites is 2. The quantitative estimate of drug-likeness (QED) is 0.300. The van der Waals surface area contributed by atoms with E-state index in [1.165, 1.54) is 18.2 Å². The third-order valence-electron chi connectivity index (χ3n) is 7.51. The van der Waals surface area contributed by atoms with Crippen LogP contribution < -0.4 is 16.4 Å². The second-order valence-corrected chi connectivity index (χ2v) is 10.1. The van der Waals surface area contributed by atoms with E-state index >= 15 is 0 Å². The van der Waals surface area contributed by atoms with E-state index in [0.29, 0.717) is 29.6 Å². The molecule has 2 aliphatic heterocycles. The molecule has 2 fully saturated rings. The van der Waals surface area contributed by atoms with Gasteiger partial charge in [0.15, 0.2) is 0 Å². The van der Waals surface area contributed by atoms with Crippen molar-refractivity contribution in [1.82, 2.24) is 4.90 Å². The van der Waals surface area contributed by atoms with Gasteiger partial charge in [0.1, 0.15) is 5.82 Å². The summed E-state index contributed by atoms with van der Waals surface area (Å²) in [5.41, 5.74) is 9.51. The second-order valence-electron chi connectivity index (χ2n) is 10.1. The van der Waals surface area contributed by atoms with Crippen molar-refractivity contribution in [3.05, 3.63) is 95.8 Å². The highest BCUT2D eigenvalue weighted by atomic mass is 19.1. The van der Waals surface area contributed by atoms with Crippen molar-refractivity contribution in [1.29, 1.82) is 0 Å². The van der Waals surface area contributed by atoms with Crippen molar-refractivity contribution >= 4 is 35.0 Å². The Kier molecular flexibility index (Phi) is 8.34. The number of carbonyl (C=O) groups is 2. The Morgan fingerprint density at radius 2 is 1.64 bits per heavy atom. The van der Waals surface area contributed by atoms with E-state index in [4.69, 9.17) is 10.5 Å². The molecule has 202 valence electrons. The van der Waals surface area contributed by atoms with Crippen LogP contribution in [0.15, 0.2) is 78.9 Å². The number of nitrogen functional groups attached to an aromatic ring is 1. The SMILES string of the molecule is Nc1ccccc1NC(=O)/C=C/c1ccc(C2CN(C3CCOCC3)CC2C(=O)Nc2ccc(F)cc2)cc1. The molecule has 0 saturated carbocycles.